The maximum atomic E-state index is 12.9. The fourth-order valence-electron chi connectivity index (χ4n) is 3.05. The molecule has 2 heterocycles. The molecule has 1 aromatic carbocycles. The molecule has 8 nitrogen and oxygen atoms in total. The number of nitrogens with one attached hydrogen (secondary N) is 1. The molecule has 148 valence electrons. The predicted octanol–water partition coefficient (Wildman–Crippen LogP) is 2.22. The number of sulfone groups is 1. The standard InChI is InChI=1S/C18H21N5O3S2/c1-12-19-18(27-22-12)20-17(24)16(21-23-10-2-3-11-23)13-4-6-14(7-5-13)28(25,26)15-8-9-15/h4-7,15H,2-3,8-11H2,1H3,(H,19,20,22,24)/b21-16+. The van der Waals surface area contributed by atoms with Gasteiger partial charge < -0.3 is 0 Å². The van der Waals surface area contributed by atoms with Crippen LogP contribution in [-0.4, -0.2) is 52.7 Å². The van der Waals surface area contributed by atoms with Crippen molar-refractivity contribution in [2.75, 3.05) is 18.4 Å². The Hall–Kier alpha value is -2.33. The van der Waals surface area contributed by atoms with Crippen LogP contribution in [0.25, 0.3) is 0 Å². The number of nitrogens with zero attached hydrogens (tertiary/aromatic N) is 4. The third-order valence-electron chi connectivity index (χ3n) is 4.71. The Morgan fingerprint density at radius 3 is 2.46 bits per heavy atom. The lowest BCUT2D eigenvalue weighted by Gasteiger charge is -2.14. The highest BCUT2D eigenvalue weighted by atomic mass is 32.2. The molecule has 1 amide bonds. The van der Waals surface area contributed by atoms with Crippen LogP contribution in [-0.2, 0) is 14.6 Å². The monoisotopic (exact) mass is 419 g/mol. The largest absolute Gasteiger partial charge is 0.296 e. The second-order valence-corrected chi connectivity index (χ2v) is 9.96. The molecule has 2 aliphatic rings. The lowest BCUT2D eigenvalue weighted by molar-refractivity contribution is -0.110. The molecule has 1 N–H and O–H groups in total. The summed E-state index contributed by atoms with van der Waals surface area (Å²) in [4.78, 5) is 17.3. The van der Waals surface area contributed by atoms with E-state index in [0.29, 0.717) is 21.4 Å². The van der Waals surface area contributed by atoms with Crippen LogP contribution in [0.2, 0.25) is 0 Å². The molecule has 0 atom stereocenters. The minimum absolute atomic E-state index is 0.241. The zero-order chi connectivity index (χ0) is 19.7. The van der Waals surface area contributed by atoms with Gasteiger partial charge in [0.15, 0.2) is 15.5 Å². The quantitative estimate of drug-likeness (QED) is 0.720. The van der Waals surface area contributed by atoms with Crippen LogP contribution >= 0.6 is 11.5 Å². The minimum atomic E-state index is -3.26. The lowest BCUT2D eigenvalue weighted by atomic mass is 10.1. The second-order valence-electron chi connectivity index (χ2n) is 6.98. The lowest BCUT2D eigenvalue weighted by Crippen LogP contribution is -2.27. The number of anilines is 1. The SMILES string of the molecule is Cc1nsc(NC(=O)/C(=N/N2CCCC2)c2ccc(S(=O)(=O)C3CC3)cc2)n1. The molecular formula is C18H21N5O3S2. The average molecular weight is 420 g/mol. The van der Waals surface area contributed by atoms with E-state index >= 15 is 0 Å². The molecule has 0 unspecified atom stereocenters. The first-order valence-electron chi connectivity index (χ1n) is 9.23. The molecule has 2 aromatic rings. The molecule has 4 rings (SSSR count). The highest BCUT2D eigenvalue weighted by molar-refractivity contribution is 7.92. The summed E-state index contributed by atoms with van der Waals surface area (Å²) in [6.07, 6.45) is 3.50. The van der Waals surface area contributed by atoms with Crippen LogP contribution in [0.5, 0.6) is 0 Å². The molecule has 28 heavy (non-hydrogen) atoms. The van der Waals surface area contributed by atoms with Crippen LogP contribution in [0.1, 0.15) is 37.1 Å². The Morgan fingerprint density at radius 1 is 1.21 bits per heavy atom. The van der Waals surface area contributed by atoms with E-state index in [4.69, 9.17) is 0 Å². The molecule has 0 radical (unpaired) electrons. The van der Waals surface area contributed by atoms with E-state index in [1.807, 2.05) is 5.01 Å². The van der Waals surface area contributed by atoms with E-state index < -0.39 is 9.84 Å². The van der Waals surface area contributed by atoms with E-state index in [9.17, 15) is 13.2 Å². The van der Waals surface area contributed by atoms with Crippen molar-refractivity contribution in [1.29, 1.82) is 0 Å². The van der Waals surface area contributed by atoms with Gasteiger partial charge in [-0.1, -0.05) is 12.1 Å². The average Bonchev–Trinajstić information content (AvgIpc) is 3.29. The number of hydrogen-bond donors (Lipinski definition) is 1. The van der Waals surface area contributed by atoms with Gasteiger partial charge in [0.2, 0.25) is 5.13 Å². The van der Waals surface area contributed by atoms with Crippen molar-refractivity contribution in [2.45, 2.75) is 42.8 Å². The fourth-order valence-corrected chi connectivity index (χ4v) is 5.28. The molecule has 10 heteroatoms. The zero-order valence-electron chi connectivity index (χ0n) is 15.5. The summed E-state index contributed by atoms with van der Waals surface area (Å²) < 4.78 is 28.9. The van der Waals surface area contributed by atoms with E-state index in [-0.39, 0.29) is 16.9 Å². The second kappa shape index (κ2) is 7.59. The number of carbonyl (C=O) groups excluding carboxylic acids is 1. The number of hydrogen-bond acceptors (Lipinski definition) is 8. The first-order valence-corrected chi connectivity index (χ1v) is 11.5. The van der Waals surface area contributed by atoms with Gasteiger partial charge in [-0.15, -0.1) is 0 Å². The summed E-state index contributed by atoms with van der Waals surface area (Å²) in [7, 11) is -3.26. The molecule has 1 aliphatic carbocycles. The van der Waals surface area contributed by atoms with Crippen molar-refractivity contribution in [3.63, 3.8) is 0 Å². The van der Waals surface area contributed by atoms with E-state index in [0.717, 1.165) is 50.3 Å². The van der Waals surface area contributed by atoms with Gasteiger partial charge in [-0.3, -0.25) is 15.1 Å². The van der Waals surface area contributed by atoms with Crippen molar-refractivity contribution in [2.24, 2.45) is 5.10 Å². The number of benzene rings is 1. The van der Waals surface area contributed by atoms with Crippen LogP contribution < -0.4 is 5.32 Å². The van der Waals surface area contributed by atoms with Crippen molar-refractivity contribution >= 4 is 38.1 Å². The smallest absolute Gasteiger partial charge is 0.278 e. The Kier molecular flexibility index (Phi) is 5.15. The van der Waals surface area contributed by atoms with Crippen molar-refractivity contribution in [3.05, 3.63) is 35.7 Å². The zero-order valence-corrected chi connectivity index (χ0v) is 17.1. The number of aryl methyl sites for hydroxylation is 1. The summed E-state index contributed by atoms with van der Waals surface area (Å²) in [5.74, 6) is 0.203. The van der Waals surface area contributed by atoms with E-state index in [2.05, 4.69) is 19.8 Å². The Bertz CT molecular complexity index is 1000. The molecule has 0 spiro atoms. The Labute approximate surface area is 167 Å². The van der Waals surface area contributed by atoms with Gasteiger partial charge in [0, 0.05) is 30.2 Å². The topological polar surface area (TPSA) is 105 Å². The van der Waals surface area contributed by atoms with Crippen molar-refractivity contribution in [1.82, 2.24) is 14.4 Å². The van der Waals surface area contributed by atoms with Crippen LogP contribution in [0.15, 0.2) is 34.3 Å². The van der Waals surface area contributed by atoms with Gasteiger partial charge in [0.25, 0.3) is 5.91 Å². The molecule has 0 bridgehead atoms. The highest BCUT2D eigenvalue weighted by Crippen LogP contribution is 2.33. The van der Waals surface area contributed by atoms with Gasteiger partial charge in [-0.05, 0) is 44.7 Å². The van der Waals surface area contributed by atoms with Crippen LogP contribution in [0.4, 0.5) is 5.13 Å². The maximum absolute atomic E-state index is 12.9. The molecule has 2 fully saturated rings. The normalized spacial score (nSPS) is 17.8. The van der Waals surface area contributed by atoms with Gasteiger partial charge in [-0.2, -0.15) is 9.47 Å². The summed E-state index contributed by atoms with van der Waals surface area (Å²) in [5, 5.41) is 9.28. The van der Waals surface area contributed by atoms with Crippen LogP contribution in [0.3, 0.4) is 0 Å². The van der Waals surface area contributed by atoms with Gasteiger partial charge in [0.05, 0.1) is 10.1 Å². The van der Waals surface area contributed by atoms with Crippen molar-refractivity contribution < 1.29 is 13.2 Å². The molecule has 1 saturated heterocycles. The number of carbonyl (C=O) groups is 1. The van der Waals surface area contributed by atoms with Crippen LogP contribution in [0, 0.1) is 6.92 Å². The number of rotatable bonds is 6. The molecular weight excluding hydrogens is 398 g/mol. The van der Waals surface area contributed by atoms with E-state index in [1.54, 1.807) is 31.2 Å². The third kappa shape index (κ3) is 4.07. The van der Waals surface area contributed by atoms with Gasteiger partial charge >= 0.3 is 0 Å². The molecule has 1 aromatic heterocycles. The molecule has 1 saturated carbocycles. The summed E-state index contributed by atoms with van der Waals surface area (Å²) in [5.41, 5.74) is 0.811. The summed E-state index contributed by atoms with van der Waals surface area (Å²) >= 11 is 1.11. The Balaban J connectivity index is 1.62. The van der Waals surface area contributed by atoms with Gasteiger partial charge in [0.1, 0.15) is 5.82 Å². The molecule has 1 aliphatic heterocycles. The first kappa shape index (κ1) is 19.0. The highest BCUT2D eigenvalue weighted by Gasteiger charge is 2.36. The minimum Gasteiger partial charge on any atom is -0.296 e. The fraction of sp³-hybridized carbons (Fsp3) is 0.444. The third-order valence-corrected chi connectivity index (χ3v) is 7.71. The number of aromatic nitrogens is 2. The van der Waals surface area contributed by atoms with Gasteiger partial charge in [-0.25, -0.2) is 13.4 Å². The summed E-state index contributed by atoms with van der Waals surface area (Å²) in [6.45, 7) is 3.34. The number of hydrazone groups is 1. The predicted molar refractivity (Wildman–Crippen MR) is 107 cm³/mol. The first-order chi connectivity index (χ1) is 13.4. The Morgan fingerprint density at radius 2 is 1.89 bits per heavy atom. The number of amides is 1. The maximum Gasteiger partial charge on any atom is 0.278 e. The van der Waals surface area contributed by atoms with E-state index in [1.165, 1.54) is 0 Å². The van der Waals surface area contributed by atoms with Crippen molar-refractivity contribution in [3.8, 4) is 0 Å². The summed E-state index contributed by atoms with van der Waals surface area (Å²) in [6, 6.07) is 6.42.